The lowest BCUT2D eigenvalue weighted by molar-refractivity contribution is 0.102. The van der Waals surface area contributed by atoms with Crippen molar-refractivity contribution in [3.05, 3.63) is 65.5 Å². The van der Waals surface area contributed by atoms with E-state index >= 15 is 0 Å². The summed E-state index contributed by atoms with van der Waals surface area (Å²) in [7, 11) is 0. The van der Waals surface area contributed by atoms with Crippen LogP contribution in [0.2, 0.25) is 0 Å². The number of carbonyl (C=O) groups excluding carboxylic acids is 1. The second-order valence-electron chi connectivity index (χ2n) is 5.94. The topological polar surface area (TPSA) is 68.0 Å². The molecule has 24 heavy (non-hydrogen) atoms. The first-order valence-electron chi connectivity index (χ1n) is 7.85. The molecule has 1 N–H and O–H groups in total. The maximum Gasteiger partial charge on any atom is 0.255 e. The lowest BCUT2D eigenvalue weighted by atomic mass is 10.0. The number of aryl methyl sites for hydroxylation is 1. The van der Waals surface area contributed by atoms with E-state index in [9.17, 15) is 4.79 Å². The molecule has 0 atom stereocenters. The third kappa shape index (κ3) is 3.51. The molecule has 2 aromatic carbocycles. The van der Waals surface area contributed by atoms with Crippen molar-refractivity contribution < 1.29 is 9.21 Å². The Morgan fingerprint density at radius 3 is 2.46 bits per heavy atom. The second-order valence-corrected chi connectivity index (χ2v) is 5.94. The summed E-state index contributed by atoms with van der Waals surface area (Å²) < 4.78 is 5.41. The highest BCUT2D eigenvalue weighted by Crippen LogP contribution is 2.22. The van der Waals surface area contributed by atoms with Gasteiger partial charge in [-0.15, -0.1) is 10.2 Å². The van der Waals surface area contributed by atoms with E-state index in [1.54, 1.807) is 6.92 Å². The number of anilines is 1. The monoisotopic (exact) mass is 321 g/mol. The Morgan fingerprint density at radius 1 is 1.08 bits per heavy atom. The molecule has 0 spiro atoms. The zero-order valence-electron chi connectivity index (χ0n) is 13.9. The van der Waals surface area contributed by atoms with E-state index in [1.807, 2.05) is 48.5 Å². The van der Waals surface area contributed by atoms with Gasteiger partial charge in [-0.05, 0) is 41.8 Å². The fraction of sp³-hybridized carbons (Fsp3) is 0.211. The van der Waals surface area contributed by atoms with Gasteiger partial charge in [0.05, 0.1) is 0 Å². The van der Waals surface area contributed by atoms with Crippen LogP contribution in [0.5, 0.6) is 0 Å². The van der Waals surface area contributed by atoms with Gasteiger partial charge in [-0.25, -0.2) is 0 Å². The standard InChI is InChI=1S/C19H19N3O2/c1-12(2)14-7-9-15(10-8-14)18(23)20-17-6-4-5-16(11-17)19-22-21-13(3)24-19/h4-12H,1-3H3,(H,20,23). The number of carbonyl (C=O) groups is 1. The molecule has 0 saturated heterocycles. The lowest BCUT2D eigenvalue weighted by Crippen LogP contribution is -2.11. The molecule has 122 valence electrons. The Bertz CT molecular complexity index is 851. The Kier molecular flexibility index (Phi) is 4.42. The number of benzene rings is 2. The summed E-state index contributed by atoms with van der Waals surface area (Å²) in [6.07, 6.45) is 0. The van der Waals surface area contributed by atoms with Crippen LogP contribution in [0.15, 0.2) is 52.9 Å². The summed E-state index contributed by atoms with van der Waals surface area (Å²) in [4.78, 5) is 12.4. The van der Waals surface area contributed by atoms with E-state index in [1.165, 1.54) is 5.56 Å². The van der Waals surface area contributed by atoms with E-state index in [0.29, 0.717) is 29.0 Å². The van der Waals surface area contributed by atoms with Gasteiger partial charge in [-0.2, -0.15) is 0 Å². The van der Waals surface area contributed by atoms with Crippen molar-refractivity contribution >= 4 is 11.6 Å². The van der Waals surface area contributed by atoms with E-state index in [-0.39, 0.29) is 5.91 Å². The number of aromatic nitrogens is 2. The zero-order valence-corrected chi connectivity index (χ0v) is 13.9. The number of rotatable bonds is 4. The molecule has 1 amide bonds. The highest BCUT2D eigenvalue weighted by molar-refractivity contribution is 6.04. The molecular weight excluding hydrogens is 302 g/mol. The summed E-state index contributed by atoms with van der Waals surface area (Å²) in [5, 5.41) is 10.7. The van der Waals surface area contributed by atoms with Crippen LogP contribution in [0.3, 0.4) is 0 Å². The molecule has 3 rings (SSSR count). The molecular formula is C19H19N3O2. The number of amides is 1. The lowest BCUT2D eigenvalue weighted by Gasteiger charge is -2.08. The van der Waals surface area contributed by atoms with Gasteiger partial charge in [0.25, 0.3) is 5.91 Å². The summed E-state index contributed by atoms with van der Waals surface area (Å²) in [5.41, 5.74) is 3.28. The maximum atomic E-state index is 12.4. The first kappa shape index (κ1) is 15.9. The molecule has 5 heteroatoms. The van der Waals surface area contributed by atoms with Crippen LogP contribution >= 0.6 is 0 Å². The Morgan fingerprint density at radius 2 is 1.83 bits per heavy atom. The fourth-order valence-corrected chi connectivity index (χ4v) is 2.37. The first-order valence-corrected chi connectivity index (χ1v) is 7.85. The quantitative estimate of drug-likeness (QED) is 0.772. The number of hydrogen-bond donors (Lipinski definition) is 1. The average Bonchev–Trinajstić information content (AvgIpc) is 3.02. The van der Waals surface area contributed by atoms with Crippen molar-refractivity contribution in [3.63, 3.8) is 0 Å². The summed E-state index contributed by atoms with van der Waals surface area (Å²) in [6.45, 7) is 5.99. The molecule has 0 bridgehead atoms. The van der Waals surface area contributed by atoms with Gasteiger partial charge in [0, 0.05) is 23.7 Å². The first-order chi connectivity index (χ1) is 11.5. The predicted octanol–water partition coefficient (Wildman–Crippen LogP) is 4.42. The number of hydrogen-bond acceptors (Lipinski definition) is 4. The van der Waals surface area contributed by atoms with Crippen LogP contribution in [0, 0.1) is 6.92 Å². The highest BCUT2D eigenvalue weighted by atomic mass is 16.4. The van der Waals surface area contributed by atoms with Crippen LogP contribution in [0.25, 0.3) is 11.5 Å². The molecule has 3 aromatic rings. The highest BCUT2D eigenvalue weighted by Gasteiger charge is 2.10. The normalized spacial score (nSPS) is 10.8. The average molecular weight is 321 g/mol. The molecule has 0 unspecified atom stereocenters. The molecule has 1 aromatic heterocycles. The third-order valence-electron chi connectivity index (χ3n) is 3.73. The molecule has 5 nitrogen and oxygen atoms in total. The SMILES string of the molecule is Cc1nnc(-c2cccc(NC(=O)c3ccc(C(C)C)cc3)c2)o1. The van der Waals surface area contributed by atoms with Crippen molar-refractivity contribution in [1.82, 2.24) is 10.2 Å². The van der Waals surface area contributed by atoms with E-state index < -0.39 is 0 Å². The molecule has 0 radical (unpaired) electrons. The van der Waals surface area contributed by atoms with Gasteiger partial charge < -0.3 is 9.73 Å². The largest absolute Gasteiger partial charge is 0.421 e. The van der Waals surface area contributed by atoms with Crippen LogP contribution in [0.1, 0.15) is 41.6 Å². The maximum absolute atomic E-state index is 12.4. The zero-order chi connectivity index (χ0) is 17.1. The van der Waals surface area contributed by atoms with Crippen molar-refractivity contribution in [3.8, 4) is 11.5 Å². The van der Waals surface area contributed by atoms with Crippen molar-refractivity contribution in [2.24, 2.45) is 0 Å². The molecule has 0 fully saturated rings. The van der Waals surface area contributed by atoms with Gasteiger partial charge in [-0.1, -0.05) is 32.0 Å². The van der Waals surface area contributed by atoms with Gasteiger partial charge in [0.15, 0.2) is 0 Å². The van der Waals surface area contributed by atoms with Gasteiger partial charge in [0.1, 0.15) is 0 Å². The van der Waals surface area contributed by atoms with Crippen LogP contribution in [-0.4, -0.2) is 16.1 Å². The van der Waals surface area contributed by atoms with E-state index in [4.69, 9.17) is 4.42 Å². The van der Waals surface area contributed by atoms with Crippen molar-refractivity contribution in [2.45, 2.75) is 26.7 Å². The van der Waals surface area contributed by atoms with Gasteiger partial charge in [0.2, 0.25) is 11.8 Å². The van der Waals surface area contributed by atoms with Gasteiger partial charge >= 0.3 is 0 Å². The third-order valence-corrected chi connectivity index (χ3v) is 3.73. The minimum atomic E-state index is -0.149. The minimum absolute atomic E-state index is 0.149. The van der Waals surface area contributed by atoms with E-state index in [0.717, 1.165) is 5.56 Å². The molecule has 0 aliphatic heterocycles. The summed E-state index contributed by atoms with van der Waals surface area (Å²) >= 11 is 0. The van der Waals surface area contributed by atoms with Crippen molar-refractivity contribution in [1.29, 1.82) is 0 Å². The molecule has 0 saturated carbocycles. The Labute approximate surface area is 140 Å². The summed E-state index contributed by atoms with van der Waals surface area (Å²) in [5.74, 6) is 1.23. The molecule has 1 heterocycles. The second kappa shape index (κ2) is 6.66. The fourth-order valence-electron chi connectivity index (χ4n) is 2.37. The number of nitrogens with one attached hydrogen (secondary N) is 1. The minimum Gasteiger partial charge on any atom is -0.421 e. The predicted molar refractivity (Wildman–Crippen MR) is 93.0 cm³/mol. The van der Waals surface area contributed by atoms with Gasteiger partial charge in [-0.3, -0.25) is 4.79 Å². The van der Waals surface area contributed by atoms with E-state index in [2.05, 4.69) is 29.4 Å². The van der Waals surface area contributed by atoms with Crippen LogP contribution in [0.4, 0.5) is 5.69 Å². The Balaban J connectivity index is 1.77. The van der Waals surface area contributed by atoms with Crippen LogP contribution < -0.4 is 5.32 Å². The van der Waals surface area contributed by atoms with Crippen molar-refractivity contribution in [2.75, 3.05) is 5.32 Å². The summed E-state index contributed by atoms with van der Waals surface area (Å²) in [6, 6.07) is 15.0. The molecule has 0 aliphatic carbocycles. The van der Waals surface area contributed by atoms with Crippen LogP contribution in [-0.2, 0) is 0 Å². The smallest absolute Gasteiger partial charge is 0.255 e. The number of nitrogens with zero attached hydrogens (tertiary/aromatic N) is 2. The molecule has 0 aliphatic rings. The Hall–Kier alpha value is -2.95.